The van der Waals surface area contributed by atoms with Crippen molar-refractivity contribution in [2.45, 2.75) is 39.2 Å². The molecule has 10 heavy (non-hydrogen) atoms. The van der Waals surface area contributed by atoms with E-state index in [1.54, 1.807) is 0 Å². The first-order valence-corrected chi connectivity index (χ1v) is 3.99. The summed E-state index contributed by atoms with van der Waals surface area (Å²) in [7, 11) is 0. The van der Waals surface area contributed by atoms with Crippen molar-refractivity contribution in [1.29, 1.82) is 0 Å². The smallest absolute Gasteiger partial charge is 0.400 e. The Morgan fingerprint density at radius 2 is 2.20 bits per heavy atom. The van der Waals surface area contributed by atoms with E-state index in [0.29, 0.717) is 0 Å². The van der Waals surface area contributed by atoms with E-state index < -0.39 is 5.30 Å². The summed E-state index contributed by atoms with van der Waals surface area (Å²) in [6, 6.07) is 0. The maximum absolute atomic E-state index is 10.3. The molecule has 0 aromatic rings. The van der Waals surface area contributed by atoms with Crippen molar-refractivity contribution in [2.75, 3.05) is 0 Å². The third-order valence-corrected chi connectivity index (χ3v) is 1.43. The second-order valence-corrected chi connectivity index (χ2v) is 2.52. The van der Waals surface area contributed by atoms with E-state index >= 15 is 0 Å². The normalized spacial score (nSPS) is 12.6. The maximum Gasteiger partial charge on any atom is 0.400 e. The van der Waals surface area contributed by atoms with Crippen LogP contribution in [0.5, 0.6) is 0 Å². The van der Waals surface area contributed by atoms with Crippen LogP contribution in [0.4, 0.5) is 4.79 Å². The van der Waals surface area contributed by atoms with E-state index in [1.807, 2.05) is 6.92 Å². The van der Waals surface area contributed by atoms with Crippen LogP contribution in [0, 0.1) is 0 Å². The van der Waals surface area contributed by atoms with Gasteiger partial charge in [-0.1, -0.05) is 20.3 Å². The van der Waals surface area contributed by atoms with Gasteiger partial charge >= 0.3 is 5.30 Å². The monoisotopic (exact) mass is 161 g/mol. The van der Waals surface area contributed by atoms with Crippen LogP contribution in [0.1, 0.15) is 33.1 Å². The lowest BCUT2D eigenvalue weighted by Gasteiger charge is -2.11. The van der Waals surface area contributed by atoms with Crippen molar-refractivity contribution in [1.82, 2.24) is 0 Å². The molecule has 1 atom stereocenters. The van der Waals surface area contributed by atoms with Gasteiger partial charge < -0.3 is 4.74 Å². The SMILES string of the molecule is CCCC(CC)OC(=O)[S]. The quantitative estimate of drug-likeness (QED) is 0.592. The van der Waals surface area contributed by atoms with E-state index in [1.165, 1.54) is 0 Å². The molecule has 0 aliphatic rings. The molecule has 59 valence electrons. The van der Waals surface area contributed by atoms with Gasteiger partial charge in [-0.05, 0) is 12.8 Å². The van der Waals surface area contributed by atoms with Crippen LogP contribution in [0.15, 0.2) is 0 Å². The Bertz CT molecular complexity index is 104. The minimum Gasteiger partial charge on any atom is -0.451 e. The molecule has 0 aromatic heterocycles. The zero-order valence-electron chi connectivity index (χ0n) is 6.42. The number of hydrogen-bond acceptors (Lipinski definition) is 2. The summed E-state index contributed by atoms with van der Waals surface area (Å²) in [6.07, 6.45) is 2.84. The highest BCUT2D eigenvalue weighted by Gasteiger charge is 2.07. The van der Waals surface area contributed by atoms with E-state index in [4.69, 9.17) is 4.74 Å². The fourth-order valence-electron chi connectivity index (χ4n) is 0.804. The largest absolute Gasteiger partial charge is 0.451 e. The van der Waals surface area contributed by atoms with Gasteiger partial charge in [-0.2, -0.15) is 0 Å². The molecule has 3 heteroatoms. The van der Waals surface area contributed by atoms with Crippen LogP contribution in [0.3, 0.4) is 0 Å². The van der Waals surface area contributed by atoms with Gasteiger partial charge in [-0.3, -0.25) is 0 Å². The highest BCUT2D eigenvalue weighted by atomic mass is 32.1. The molecule has 1 radical (unpaired) electrons. The zero-order valence-corrected chi connectivity index (χ0v) is 7.24. The third-order valence-electron chi connectivity index (χ3n) is 1.33. The van der Waals surface area contributed by atoms with Gasteiger partial charge in [0.15, 0.2) is 0 Å². The molecule has 1 unspecified atom stereocenters. The molecule has 0 amide bonds. The van der Waals surface area contributed by atoms with Crippen LogP contribution in [-0.4, -0.2) is 11.4 Å². The molecule has 0 aromatic carbocycles. The average Bonchev–Trinajstić information content (AvgIpc) is 1.86. The van der Waals surface area contributed by atoms with Crippen molar-refractivity contribution >= 4 is 17.9 Å². The second kappa shape index (κ2) is 5.47. The Labute approximate surface area is 67.4 Å². The van der Waals surface area contributed by atoms with Crippen molar-refractivity contribution in [3.8, 4) is 0 Å². The van der Waals surface area contributed by atoms with Gasteiger partial charge in [0.25, 0.3) is 0 Å². The summed E-state index contributed by atoms with van der Waals surface area (Å²) >= 11 is 4.27. The fraction of sp³-hybridized carbons (Fsp3) is 0.857. The molecule has 0 rings (SSSR count). The van der Waals surface area contributed by atoms with Crippen LogP contribution < -0.4 is 0 Å². The molecule has 0 fully saturated rings. The Hall–Kier alpha value is -0.310. The summed E-state index contributed by atoms with van der Waals surface area (Å²) in [6.45, 7) is 4.04. The van der Waals surface area contributed by atoms with Gasteiger partial charge in [-0.25, -0.2) is 4.79 Å². The number of rotatable bonds is 4. The Morgan fingerprint density at radius 1 is 1.60 bits per heavy atom. The number of hydrogen-bond donors (Lipinski definition) is 0. The van der Waals surface area contributed by atoms with Crippen molar-refractivity contribution in [3.63, 3.8) is 0 Å². The minimum absolute atomic E-state index is 0.0370. The number of carbonyl (C=O) groups excluding carboxylic acids is 1. The van der Waals surface area contributed by atoms with Gasteiger partial charge in [0.1, 0.15) is 6.10 Å². The van der Waals surface area contributed by atoms with E-state index in [9.17, 15) is 4.79 Å². The molecule has 0 spiro atoms. The Morgan fingerprint density at radius 3 is 2.50 bits per heavy atom. The van der Waals surface area contributed by atoms with Gasteiger partial charge in [0.2, 0.25) is 0 Å². The molecule has 0 aliphatic carbocycles. The van der Waals surface area contributed by atoms with Gasteiger partial charge in [0.05, 0.1) is 0 Å². The van der Waals surface area contributed by atoms with Crippen LogP contribution >= 0.6 is 12.6 Å². The highest BCUT2D eigenvalue weighted by Crippen LogP contribution is 2.07. The van der Waals surface area contributed by atoms with E-state index in [-0.39, 0.29) is 6.10 Å². The summed E-state index contributed by atoms with van der Waals surface area (Å²) in [5, 5.41) is -0.583. The number of ether oxygens (including phenoxy) is 1. The van der Waals surface area contributed by atoms with Crippen LogP contribution in [0.25, 0.3) is 0 Å². The molecule has 0 saturated carbocycles. The molecule has 2 nitrogen and oxygen atoms in total. The van der Waals surface area contributed by atoms with E-state index in [0.717, 1.165) is 19.3 Å². The maximum atomic E-state index is 10.3. The standard InChI is InChI=1S/C7H13O2S/c1-3-5-6(4-2)9-7(8)10/h6H,3-5H2,1-2H3. The summed E-state index contributed by atoms with van der Waals surface area (Å²) in [5.74, 6) is 0. The van der Waals surface area contributed by atoms with Crippen LogP contribution in [-0.2, 0) is 4.74 Å². The molecule has 0 aliphatic heterocycles. The topological polar surface area (TPSA) is 26.3 Å². The predicted molar refractivity (Wildman–Crippen MR) is 43.1 cm³/mol. The predicted octanol–water partition coefficient (Wildman–Crippen LogP) is 2.90. The van der Waals surface area contributed by atoms with Crippen molar-refractivity contribution in [3.05, 3.63) is 0 Å². The van der Waals surface area contributed by atoms with Gasteiger partial charge in [-0.15, -0.1) is 0 Å². The Balaban J connectivity index is 3.49. The second-order valence-electron chi connectivity index (χ2n) is 2.19. The zero-order chi connectivity index (χ0) is 7.98. The molecule has 0 bridgehead atoms. The molecule has 0 N–H and O–H groups in total. The van der Waals surface area contributed by atoms with Gasteiger partial charge in [0, 0.05) is 12.6 Å². The first kappa shape index (κ1) is 9.69. The summed E-state index contributed by atoms with van der Waals surface area (Å²) < 4.78 is 4.82. The van der Waals surface area contributed by atoms with Crippen molar-refractivity contribution in [2.24, 2.45) is 0 Å². The first-order valence-electron chi connectivity index (χ1n) is 3.58. The highest BCUT2D eigenvalue weighted by molar-refractivity contribution is 7.96. The summed E-state index contributed by atoms with van der Waals surface area (Å²) in [4.78, 5) is 10.3. The first-order chi connectivity index (χ1) is 4.70. The van der Waals surface area contributed by atoms with Crippen molar-refractivity contribution < 1.29 is 9.53 Å². The Kier molecular flexibility index (Phi) is 5.30. The lowest BCUT2D eigenvalue weighted by molar-refractivity contribution is 0.114. The lowest BCUT2D eigenvalue weighted by atomic mass is 10.2. The lowest BCUT2D eigenvalue weighted by Crippen LogP contribution is -2.12. The fourth-order valence-corrected chi connectivity index (χ4v) is 0.941. The molecule has 0 heterocycles. The molecular formula is C7H13O2S. The van der Waals surface area contributed by atoms with Crippen LogP contribution in [0.2, 0.25) is 0 Å². The minimum atomic E-state index is -0.583. The molecular weight excluding hydrogens is 148 g/mol. The average molecular weight is 161 g/mol. The molecule has 0 saturated heterocycles. The number of carbonyl (C=O) groups is 1. The van der Waals surface area contributed by atoms with E-state index in [2.05, 4.69) is 19.6 Å². The summed E-state index contributed by atoms with van der Waals surface area (Å²) in [5.41, 5.74) is 0. The third kappa shape index (κ3) is 4.56.